The Morgan fingerprint density at radius 2 is 1.55 bits per heavy atom. The Morgan fingerprint density at radius 3 is 2.19 bits per heavy atom. The monoisotopic (exact) mass is 695 g/mol. The van der Waals surface area contributed by atoms with Crippen LogP contribution in [0.5, 0.6) is 5.75 Å². The Bertz CT molecular complexity index is 1780. The Labute approximate surface area is 287 Å². The fourth-order valence-corrected chi connectivity index (χ4v) is 6.95. The zero-order chi connectivity index (χ0) is 34.1. The molecule has 1 N–H and O–H groups in total. The van der Waals surface area contributed by atoms with Crippen LogP contribution in [0, 0.1) is 6.92 Å². The molecule has 0 fully saturated rings. The van der Waals surface area contributed by atoms with Crippen LogP contribution < -0.4 is 14.4 Å². The van der Waals surface area contributed by atoms with Crippen LogP contribution in [0.4, 0.5) is 5.69 Å². The molecule has 2 amide bonds. The van der Waals surface area contributed by atoms with Gasteiger partial charge in [-0.1, -0.05) is 89.4 Å². The molecular weight excluding hydrogens is 657 g/mol. The van der Waals surface area contributed by atoms with E-state index in [4.69, 9.17) is 27.9 Å². The molecule has 0 aromatic heterocycles. The highest BCUT2D eigenvalue weighted by Crippen LogP contribution is 2.33. The molecule has 0 heterocycles. The molecule has 0 saturated carbocycles. The summed E-state index contributed by atoms with van der Waals surface area (Å²) in [5, 5.41) is 3.67. The number of hydrogen-bond donors (Lipinski definition) is 1. The van der Waals surface area contributed by atoms with Crippen LogP contribution in [0.3, 0.4) is 0 Å². The molecule has 4 aromatic rings. The van der Waals surface area contributed by atoms with Gasteiger partial charge in [0.1, 0.15) is 18.3 Å². The van der Waals surface area contributed by atoms with E-state index in [9.17, 15) is 18.0 Å². The summed E-state index contributed by atoms with van der Waals surface area (Å²) in [6.45, 7) is 6.89. The number of para-hydroxylation sites is 2. The van der Waals surface area contributed by atoms with Crippen molar-refractivity contribution in [1.29, 1.82) is 0 Å². The minimum absolute atomic E-state index is 0.00730. The molecule has 8 nitrogen and oxygen atoms in total. The number of ether oxygens (including phenoxy) is 1. The topological polar surface area (TPSA) is 96.0 Å². The second-order valence-corrected chi connectivity index (χ2v) is 14.1. The van der Waals surface area contributed by atoms with E-state index in [1.807, 2.05) is 51.1 Å². The van der Waals surface area contributed by atoms with E-state index < -0.39 is 28.5 Å². The number of carbonyl (C=O) groups excluding carboxylic acids is 2. The maximum absolute atomic E-state index is 14.7. The number of nitrogens with zero attached hydrogens (tertiary/aromatic N) is 2. The third-order valence-corrected chi connectivity index (χ3v) is 9.74. The second kappa shape index (κ2) is 16.2. The number of halogens is 2. The van der Waals surface area contributed by atoms with Crippen molar-refractivity contribution in [1.82, 2.24) is 10.2 Å². The lowest BCUT2D eigenvalue weighted by molar-refractivity contribution is -0.140. The number of benzene rings is 4. The molecule has 0 aliphatic carbocycles. The predicted molar refractivity (Wildman–Crippen MR) is 188 cm³/mol. The zero-order valence-corrected chi connectivity index (χ0v) is 29.1. The van der Waals surface area contributed by atoms with Crippen LogP contribution in [0.25, 0.3) is 0 Å². The van der Waals surface area contributed by atoms with Gasteiger partial charge in [0.15, 0.2) is 0 Å². The third kappa shape index (κ3) is 9.28. The van der Waals surface area contributed by atoms with Gasteiger partial charge >= 0.3 is 0 Å². The Morgan fingerprint density at radius 1 is 0.894 bits per heavy atom. The lowest BCUT2D eigenvalue weighted by Crippen LogP contribution is -2.54. The molecule has 47 heavy (non-hydrogen) atoms. The maximum Gasteiger partial charge on any atom is 0.264 e. The number of aryl methyl sites for hydroxylation is 1. The number of sulfonamides is 1. The molecule has 0 bridgehead atoms. The summed E-state index contributed by atoms with van der Waals surface area (Å²) < 4.78 is 35.5. The fourth-order valence-electron chi connectivity index (χ4n) is 5.06. The average molecular weight is 697 g/mol. The van der Waals surface area contributed by atoms with Crippen molar-refractivity contribution in [2.75, 3.05) is 17.5 Å². The normalized spacial score (nSPS) is 12.0. The molecule has 0 spiro atoms. The van der Waals surface area contributed by atoms with Crippen molar-refractivity contribution in [2.24, 2.45) is 0 Å². The lowest BCUT2D eigenvalue weighted by Gasteiger charge is -2.34. The van der Waals surface area contributed by atoms with Gasteiger partial charge in [0, 0.05) is 29.1 Å². The number of amides is 2. The van der Waals surface area contributed by atoms with Crippen molar-refractivity contribution in [2.45, 2.75) is 57.6 Å². The van der Waals surface area contributed by atoms with Crippen molar-refractivity contribution in [3.63, 3.8) is 0 Å². The fraction of sp³-hybridized carbons (Fsp3) is 0.278. The van der Waals surface area contributed by atoms with Crippen LogP contribution in [0.2, 0.25) is 10.0 Å². The molecule has 1 unspecified atom stereocenters. The lowest BCUT2D eigenvalue weighted by atomic mass is 10.0. The highest BCUT2D eigenvalue weighted by atomic mass is 35.5. The van der Waals surface area contributed by atoms with Crippen molar-refractivity contribution < 1.29 is 22.7 Å². The van der Waals surface area contributed by atoms with Crippen LogP contribution >= 0.6 is 23.2 Å². The molecule has 11 heteroatoms. The van der Waals surface area contributed by atoms with E-state index in [0.717, 1.165) is 15.4 Å². The van der Waals surface area contributed by atoms with Crippen molar-refractivity contribution in [3.8, 4) is 5.75 Å². The van der Waals surface area contributed by atoms with Gasteiger partial charge in [-0.3, -0.25) is 13.9 Å². The number of rotatable bonds is 14. The third-order valence-electron chi connectivity index (χ3n) is 7.38. The average Bonchev–Trinajstić information content (AvgIpc) is 3.03. The number of carbonyl (C=O) groups is 2. The van der Waals surface area contributed by atoms with Gasteiger partial charge in [0.05, 0.1) is 17.2 Å². The summed E-state index contributed by atoms with van der Waals surface area (Å²) in [4.78, 5) is 29.9. The van der Waals surface area contributed by atoms with Crippen LogP contribution in [0.1, 0.15) is 37.5 Å². The van der Waals surface area contributed by atoms with E-state index in [2.05, 4.69) is 5.32 Å². The van der Waals surface area contributed by atoms with Gasteiger partial charge in [-0.25, -0.2) is 8.42 Å². The first-order valence-electron chi connectivity index (χ1n) is 15.3. The molecule has 0 aliphatic rings. The minimum atomic E-state index is -4.29. The summed E-state index contributed by atoms with van der Waals surface area (Å²) in [7, 11) is -4.29. The quantitative estimate of drug-likeness (QED) is 0.152. The molecule has 0 saturated heterocycles. The largest absolute Gasteiger partial charge is 0.492 e. The van der Waals surface area contributed by atoms with Gasteiger partial charge in [-0.05, 0) is 75.2 Å². The van der Waals surface area contributed by atoms with E-state index in [-0.39, 0.29) is 42.1 Å². The standard InChI is InChI=1S/C36H39Cl2N3O5S/c1-5-46-34-14-10-9-13-32(34)41(47(44,45)30-19-15-26(4)16-20-30)24-35(42)40(23-28-17-18-29(37)22-31(28)38)33(36(43)39-25(2)3)21-27-11-7-6-8-12-27/h6-20,22,25,33H,5,21,23-24H2,1-4H3,(H,39,43). The second-order valence-electron chi connectivity index (χ2n) is 11.4. The van der Waals surface area contributed by atoms with Gasteiger partial charge in [-0.15, -0.1) is 0 Å². The minimum Gasteiger partial charge on any atom is -0.492 e. The molecule has 248 valence electrons. The SMILES string of the molecule is CCOc1ccccc1N(CC(=O)N(Cc1ccc(Cl)cc1Cl)C(Cc1ccccc1)C(=O)NC(C)C)S(=O)(=O)c1ccc(C)cc1. The van der Waals surface area contributed by atoms with E-state index in [1.165, 1.54) is 17.0 Å². The highest BCUT2D eigenvalue weighted by molar-refractivity contribution is 7.92. The van der Waals surface area contributed by atoms with Gasteiger partial charge < -0.3 is 15.0 Å². The van der Waals surface area contributed by atoms with Crippen molar-refractivity contribution >= 4 is 50.7 Å². The Kier molecular flexibility index (Phi) is 12.3. The van der Waals surface area contributed by atoms with Crippen molar-refractivity contribution in [3.05, 3.63) is 124 Å². The zero-order valence-electron chi connectivity index (χ0n) is 26.8. The first-order valence-corrected chi connectivity index (χ1v) is 17.5. The Balaban J connectivity index is 1.86. The number of hydrogen-bond acceptors (Lipinski definition) is 5. The highest BCUT2D eigenvalue weighted by Gasteiger charge is 2.36. The summed E-state index contributed by atoms with van der Waals surface area (Å²) in [6.07, 6.45) is 0.177. The number of nitrogens with one attached hydrogen (secondary N) is 1. The van der Waals surface area contributed by atoms with Crippen LogP contribution in [-0.4, -0.2) is 50.4 Å². The maximum atomic E-state index is 14.7. The van der Waals surface area contributed by atoms with Crippen LogP contribution in [-0.2, 0) is 32.6 Å². The smallest absolute Gasteiger partial charge is 0.264 e. The molecule has 4 aromatic carbocycles. The van der Waals surface area contributed by atoms with Gasteiger partial charge in [0.25, 0.3) is 10.0 Å². The Hall–Kier alpha value is -4.05. The van der Waals surface area contributed by atoms with Gasteiger partial charge in [0.2, 0.25) is 11.8 Å². The van der Waals surface area contributed by atoms with Crippen LogP contribution in [0.15, 0.2) is 102 Å². The molecular formula is C36H39Cl2N3O5S. The first kappa shape index (κ1) is 35.8. The summed E-state index contributed by atoms with van der Waals surface area (Å²) in [6, 6.07) is 26.1. The predicted octanol–water partition coefficient (Wildman–Crippen LogP) is 7.06. The summed E-state index contributed by atoms with van der Waals surface area (Å²) >= 11 is 12.8. The van der Waals surface area contributed by atoms with Gasteiger partial charge in [-0.2, -0.15) is 0 Å². The number of anilines is 1. The first-order chi connectivity index (χ1) is 22.4. The van der Waals surface area contributed by atoms with E-state index in [1.54, 1.807) is 61.5 Å². The van der Waals surface area contributed by atoms with E-state index >= 15 is 0 Å². The molecule has 0 aliphatic heterocycles. The molecule has 4 rings (SSSR count). The van der Waals surface area contributed by atoms with E-state index in [0.29, 0.717) is 21.4 Å². The molecule has 1 atom stereocenters. The molecule has 0 radical (unpaired) electrons. The summed E-state index contributed by atoms with van der Waals surface area (Å²) in [5.41, 5.74) is 2.44. The summed E-state index contributed by atoms with van der Waals surface area (Å²) in [5.74, 6) is -0.702.